The molecule has 0 amide bonds. The Morgan fingerprint density at radius 1 is 1.17 bits per heavy atom. The van der Waals surface area contributed by atoms with Crippen LogP contribution in [0.3, 0.4) is 0 Å². The number of fused-ring (bicyclic) bond motifs is 1. The molecule has 1 unspecified atom stereocenters. The average Bonchev–Trinajstić information content (AvgIpc) is 2.51. The third-order valence-electron chi connectivity index (χ3n) is 4.14. The molecule has 0 bridgehead atoms. The fourth-order valence-electron chi connectivity index (χ4n) is 3.16. The Labute approximate surface area is 73.6 Å². The van der Waals surface area contributed by atoms with Gasteiger partial charge in [0.2, 0.25) is 0 Å². The van der Waals surface area contributed by atoms with E-state index in [1.165, 1.54) is 0 Å². The van der Waals surface area contributed by atoms with Gasteiger partial charge in [0.15, 0.2) is 0 Å². The zero-order chi connectivity index (χ0) is 9.15. The predicted octanol–water partition coefficient (Wildman–Crippen LogP) is 1.16. The van der Waals surface area contributed by atoms with Gasteiger partial charge in [0.25, 0.3) is 0 Å². The molecule has 2 aliphatic rings. The van der Waals surface area contributed by atoms with Crippen LogP contribution in [0.4, 0.5) is 0 Å². The van der Waals surface area contributed by atoms with Crippen LogP contribution < -0.4 is 0 Å². The minimum Gasteiger partial charge on any atom is -0.392 e. The van der Waals surface area contributed by atoms with Crippen molar-refractivity contribution < 1.29 is 10.2 Å². The second-order valence-corrected chi connectivity index (χ2v) is 5.33. The second-order valence-electron chi connectivity index (χ2n) is 5.33. The molecule has 2 N–H and O–H groups in total. The molecule has 2 nitrogen and oxygen atoms in total. The van der Waals surface area contributed by atoms with Crippen LogP contribution in [-0.4, -0.2) is 22.4 Å². The highest BCUT2D eigenvalue weighted by Gasteiger charge is 2.71. The first-order chi connectivity index (χ1) is 5.40. The quantitative estimate of drug-likeness (QED) is 0.573. The monoisotopic (exact) mass is 170 g/mol. The molecule has 0 aromatic heterocycles. The van der Waals surface area contributed by atoms with Gasteiger partial charge in [-0.05, 0) is 18.3 Å². The number of hydrogen-bond acceptors (Lipinski definition) is 2. The van der Waals surface area contributed by atoms with Gasteiger partial charge in [-0.1, -0.05) is 20.8 Å². The Kier molecular flexibility index (Phi) is 1.45. The van der Waals surface area contributed by atoms with Crippen molar-refractivity contribution in [2.24, 2.45) is 16.7 Å². The molecule has 0 aromatic carbocycles. The minimum absolute atomic E-state index is 0.193. The second kappa shape index (κ2) is 2.05. The zero-order valence-corrected chi connectivity index (χ0v) is 8.04. The van der Waals surface area contributed by atoms with Crippen LogP contribution in [0.25, 0.3) is 0 Å². The fraction of sp³-hybridized carbons (Fsp3) is 1.00. The molecule has 4 atom stereocenters. The highest BCUT2D eigenvalue weighted by molar-refractivity contribution is 5.19. The van der Waals surface area contributed by atoms with Crippen LogP contribution in [-0.2, 0) is 0 Å². The largest absolute Gasteiger partial charge is 0.392 e. The highest BCUT2D eigenvalue weighted by atomic mass is 16.3. The molecule has 0 aromatic rings. The molecular formula is C10H18O2. The molecule has 0 spiro atoms. The lowest BCUT2D eigenvalue weighted by Crippen LogP contribution is -2.33. The molecule has 0 heterocycles. The summed E-state index contributed by atoms with van der Waals surface area (Å²) in [4.78, 5) is 0. The number of aliphatic hydroxyl groups is 2. The van der Waals surface area contributed by atoms with Crippen molar-refractivity contribution in [1.29, 1.82) is 0 Å². The van der Waals surface area contributed by atoms with Gasteiger partial charge >= 0.3 is 0 Å². The van der Waals surface area contributed by atoms with E-state index >= 15 is 0 Å². The third kappa shape index (κ3) is 0.775. The van der Waals surface area contributed by atoms with Gasteiger partial charge in [-0.2, -0.15) is 0 Å². The van der Waals surface area contributed by atoms with Crippen molar-refractivity contribution in [3.8, 4) is 0 Å². The number of aliphatic hydroxyl groups excluding tert-OH is 2. The lowest BCUT2D eigenvalue weighted by atomic mass is 9.71. The van der Waals surface area contributed by atoms with E-state index in [1.54, 1.807) is 0 Å². The van der Waals surface area contributed by atoms with E-state index in [-0.39, 0.29) is 23.0 Å². The van der Waals surface area contributed by atoms with Crippen LogP contribution >= 0.6 is 0 Å². The van der Waals surface area contributed by atoms with Crippen molar-refractivity contribution >= 4 is 0 Å². The Balaban J connectivity index is 2.26. The van der Waals surface area contributed by atoms with Gasteiger partial charge in [0, 0.05) is 11.3 Å². The number of rotatable bonds is 0. The van der Waals surface area contributed by atoms with Crippen molar-refractivity contribution in [1.82, 2.24) is 0 Å². The summed E-state index contributed by atoms with van der Waals surface area (Å²) in [6.07, 6.45) is 1.32. The molecule has 0 aliphatic heterocycles. The lowest BCUT2D eigenvalue weighted by molar-refractivity contribution is 0.0170. The zero-order valence-electron chi connectivity index (χ0n) is 8.04. The van der Waals surface area contributed by atoms with E-state index in [4.69, 9.17) is 0 Å². The lowest BCUT2D eigenvalue weighted by Gasteiger charge is -2.35. The standard InChI is InChI=1S/C10H18O2/c1-9(2)5-4-6(11)10(3)7(9)8(10)12/h6-8,11-12H,4-5H2,1-3H3/t6-,7?,8+,10+/m0/s1. The van der Waals surface area contributed by atoms with Crippen LogP contribution in [0.15, 0.2) is 0 Å². The van der Waals surface area contributed by atoms with Gasteiger partial charge < -0.3 is 10.2 Å². The maximum absolute atomic E-state index is 9.73. The van der Waals surface area contributed by atoms with Crippen molar-refractivity contribution in [2.75, 3.05) is 0 Å². The third-order valence-corrected chi connectivity index (χ3v) is 4.14. The average molecular weight is 170 g/mol. The van der Waals surface area contributed by atoms with Crippen molar-refractivity contribution in [2.45, 2.75) is 45.8 Å². The van der Waals surface area contributed by atoms with Gasteiger partial charge in [-0.15, -0.1) is 0 Å². The highest BCUT2D eigenvalue weighted by Crippen LogP contribution is 2.67. The van der Waals surface area contributed by atoms with Crippen LogP contribution in [0.2, 0.25) is 0 Å². The summed E-state index contributed by atoms with van der Waals surface area (Å²) >= 11 is 0. The van der Waals surface area contributed by atoms with E-state index in [9.17, 15) is 10.2 Å². The summed E-state index contributed by atoms with van der Waals surface area (Å²) in [5.41, 5.74) is 0.0230. The van der Waals surface area contributed by atoms with Crippen molar-refractivity contribution in [3.05, 3.63) is 0 Å². The topological polar surface area (TPSA) is 40.5 Å². The molecule has 2 heteroatoms. The summed E-state index contributed by atoms with van der Waals surface area (Å²) in [6, 6.07) is 0. The Hall–Kier alpha value is -0.0800. The van der Waals surface area contributed by atoms with Crippen LogP contribution in [0.1, 0.15) is 33.6 Å². The molecule has 0 saturated heterocycles. The van der Waals surface area contributed by atoms with Gasteiger partial charge in [0.05, 0.1) is 12.2 Å². The smallest absolute Gasteiger partial charge is 0.0662 e. The molecule has 2 rings (SSSR count). The summed E-state index contributed by atoms with van der Waals surface area (Å²) in [5.74, 6) is 0.314. The van der Waals surface area contributed by atoms with Gasteiger partial charge in [0.1, 0.15) is 0 Å². The number of hydrogen-bond donors (Lipinski definition) is 2. The molecule has 0 radical (unpaired) electrons. The SMILES string of the molecule is CC1(C)CC[C@H](O)[C@]2(C)C1[C@H]2O. The fourth-order valence-corrected chi connectivity index (χ4v) is 3.16. The minimum atomic E-state index is -0.287. The Bertz CT molecular complexity index is 212. The molecule has 2 fully saturated rings. The summed E-state index contributed by atoms with van der Waals surface area (Å²) in [5, 5.41) is 19.5. The first-order valence-electron chi connectivity index (χ1n) is 4.77. The van der Waals surface area contributed by atoms with E-state index < -0.39 is 0 Å². The maximum atomic E-state index is 9.73. The van der Waals surface area contributed by atoms with Gasteiger partial charge in [-0.25, -0.2) is 0 Å². The van der Waals surface area contributed by atoms with E-state index in [0.717, 1.165) is 12.8 Å². The predicted molar refractivity (Wildman–Crippen MR) is 46.6 cm³/mol. The van der Waals surface area contributed by atoms with E-state index in [1.807, 2.05) is 6.92 Å². The Morgan fingerprint density at radius 2 is 1.75 bits per heavy atom. The van der Waals surface area contributed by atoms with Crippen LogP contribution in [0, 0.1) is 16.7 Å². The van der Waals surface area contributed by atoms with Gasteiger partial charge in [-0.3, -0.25) is 0 Å². The summed E-state index contributed by atoms with van der Waals surface area (Å²) in [7, 11) is 0. The normalized spacial score (nSPS) is 56.2. The van der Waals surface area contributed by atoms with E-state index in [0.29, 0.717) is 5.92 Å². The van der Waals surface area contributed by atoms with Crippen molar-refractivity contribution in [3.63, 3.8) is 0 Å². The summed E-state index contributed by atoms with van der Waals surface area (Å²) < 4.78 is 0. The molecule has 70 valence electrons. The molecule has 12 heavy (non-hydrogen) atoms. The first kappa shape index (κ1) is 8.52. The van der Waals surface area contributed by atoms with E-state index in [2.05, 4.69) is 13.8 Å². The Morgan fingerprint density at radius 3 is 2.25 bits per heavy atom. The maximum Gasteiger partial charge on any atom is 0.0662 e. The molecular weight excluding hydrogens is 152 g/mol. The first-order valence-corrected chi connectivity index (χ1v) is 4.77. The molecule has 2 saturated carbocycles. The van der Waals surface area contributed by atoms with Crippen LogP contribution in [0.5, 0.6) is 0 Å². The summed E-state index contributed by atoms with van der Waals surface area (Å²) in [6.45, 7) is 6.39. The molecule has 2 aliphatic carbocycles.